The summed E-state index contributed by atoms with van der Waals surface area (Å²) in [7, 11) is 0. The van der Waals surface area contributed by atoms with Crippen LogP contribution in [0.25, 0.3) is 5.69 Å². The second kappa shape index (κ2) is 6.98. The van der Waals surface area contributed by atoms with Gasteiger partial charge in [0.15, 0.2) is 0 Å². The van der Waals surface area contributed by atoms with E-state index in [-0.39, 0.29) is 6.04 Å². The number of phenolic OH excluding ortho intramolecular Hbond substituents is 1. The Morgan fingerprint density at radius 3 is 2.75 bits per heavy atom. The Labute approximate surface area is 163 Å². The monoisotopic (exact) mass is 371 g/mol. The predicted molar refractivity (Wildman–Crippen MR) is 106 cm³/mol. The van der Waals surface area contributed by atoms with E-state index in [0.717, 1.165) is 29.9 Å². The van der Waals surface area contributed by atoms with Gasteiger partial charge in [-0.05, 0) is 23.8 Å². The van der Waals surface area contributed by atoms with Crippen LogP contribution in [0.3, 0.4) is 0 Å². The van der Waals surface area contributed by atoms with Crippen molar-refractivity contribution in [3.05, 3.63) is 96.1 Å². The van der Waals surface area contributed by atoms with Gasteiger partial charge in [-0.3, -0.25) is 4.90 Å². The molecular weight excluding hydrogens is 350 g/mol. The first-order valence-electron chi connectivity index (χ1n) is 9.41. The Bertz CT molecular complexity index is 1070. The van der Waals surface area contributed by atoms with E-state index in [0.29, 0.717) is 12.3 Å². The maximum atomic E-state index is 10.2. The van der Waals surface area contributed by atoms with Crippen molar-refractivity contribution in [2.45, 2.75) is 19.0 Å². The van der Waals surface area contributed by atoms with Crippen LogP contribution in [0, 0.1) is 0 Å². The van der Waals surface area contributed by atoms with E-state index in [9.17, 15) is 5.11 Å². The highest BCUT2D eigenvalue weighted by molar-refractivity contribution is 5.40. The first-order valence-corrected chi connectivity index (χ1v) is 9.41. The molecule has 28 heavy (non-hydrogen) atoms. The number of fused-ring (bicyclic) bond motifs is 1. The Hall–Kier alpha value is -3.38. The van der Waals surface area contributed by atoms with Gasteiger partial charge in [-0.1, -0.05) is 30.3 Å². The number of phenols is 1. The molecule has 6 heteroatoms. The number of hydrogen-bond donors (Lipinski definition) is 2. The lowest BCUT2D eigenvalue weighted by molar-refractivity contribution is 0.198. The number of aromatic hydroxyl groups is 1. The average Bonchev–Trinajstić information content (AvgIpc) is 3.42. The van der Waals surface area contributed by atoms with Crippen LogP contribution in [0.1, 0.15) is 28.6 Å². The quantitative estimate of drug-likeness (QED) is 0.576. The molecule has 0 aliphatic carbocycles. The number of imidazole rings is 2. The lowest BCUT2D eigenvalue weighted by atomic mass is 9.94. The van der Waals surface area contributed by atoms with Crippen molar-refractivity contribution in [1.29, 1.82) is 0 Å². The van der Waals surface area contributed by atoms with Crippen molar-refractivity contribution in [3.63, 3.8) is 0 Å². The van der Waals surface area contributed by atoms with E-state index in [2.05, 4.69) is 44.1 Å². The number of aromatic nitrogens is 4. The van der Waals surface area contributed by atoms with E-state index in [4.69, 9.17) is 0 Å². The average molecular weight is 371 g/mol. The third kappa shape index (κ3) is 2.97. The van der Waals surface area contributed by atoms with Crippen LogP contribution < -0.4 is 0 Å². The minimum atomic E-state index is 0.0476. The highest BCUT2D eigenvalue weighted by atomic mass is 16.3. The highest BCUT2D eigenvalue weighted by Crippen LogP contribution is 2.35. The number of nitrogens with one attached hydrogen (secondary N) is 1. The highest BCUT2D eigenvalue weighted by Gasteiger charge is 2.31. The number of para-hydroxylation sites is 1. The lowest BCUT2D eigenvalue weighted by Gasteiger charge is -2.35. The molecule has 140 valence electrons. The number of benzene rings is 2. The van der Waals surface area contributed by atoms with Crippen LogP contribution in [0.5, 0.6) is 5.75 Å². The lowest BCUT2D eigenvalue weighted by Crippen LogP contribution is -2.35. The molecule has 5 rings (SSSR count). The molecular formula is C22H21N5O. The largest absolute Gasteiger partial charge is 0.508 e. The summed E-state index contributed by atoms with van der Waals surface area (Å²) in [5.41, 5.74) is 5.45. The molecule has 1 aliphatic rings. The zero-order valence-corrected chi connectivity index (χ0v) is 15.4. The fourth-order valence-electron chi connectivity index (χ4n) is 3.97. The van der Waals surface area contributed by atoms with Crippen LogP contribution in [-0.2, 0) is 13.0 Å². The Morgan fingerprint density at radius 2 is 1.96 bits per heavy atom. The first kappa shape index (κ1) is 16.8. The second-order valence-electron chi connectivity index (χ2n) is 7.08. The molecule has 1 aliphatic heterocycles. The molecule has 2 aromatic heterocycles. The van der Waals surface area contributed by atoms with Crippen LogP contribution in [0.2, 0.25) is 0 Å². The van der Waals surface area contributed by atoms with Crippen molar-refractivity contribution < 1.29 is 5.11 Å². The number of aromatic amines is 1. The summed E-state index contributed by atoms with van der Waals surface area (Å²) in [6.45, 7) is 1.57. The summed E-state index contributed by atoms with van der Waals surface area (Å²) in [4.78, 5) is 14.4. The molecule has 0 saturated carbocycles. The van der Waals surface area contributed by atoms with Crippen molar-refractivity contribution in [3.8, 4) is 11.4 Å². The third-order valence-corrected chi connectivity index (χ3v) is 5.40. The number of hydrogen-bond acceptors (Lipinski definition) is 4. The van der Waals surface area contributed by atoms with Gasteiger partial charge in [0.25, 0.3) is 0 Å². The molecule has 0 fully saturated rings. The molecule has 0 amide bonds. The Balaban J connectivity index is 1.51. The van der Waals surface area contributed by atoms with Crippen molar-refractivity contribution in [1.82, 2.24) is 24.4 Å². The molecule has 2 N–H and O–H groups in total. The molecule has 2 aromatic carbocycles. The number of rotatable bonds is 4. The Morgan fingerprint density at radius 1 is 1.11 bits per heavy atom. The van der Waals surface area contributed by atoms with Crippen LogP contribution >= 0.6 is 0 Å². The fourth-order valence-corrected chi connectivity index (χ4v) is 3.97. The van der Waals surface area contributed by atoms with Gasteiger partial charge in [0.05, 0.1) is 24.4 Å². The zero-order valence-electron chi connectivity index (χ0n) is 15.4. The number of H-pyrrole nitrogens is 1. The van der Waals surface area contributed by atoms with Gasteiger partial charge in [0, 0.05) is 48.8 Å². The van der Waals surface area contributed by atoms with Gasteiger partial charge < -0.3 is 14.7 Å². The van der Waals surface area contributed by atoms with Crippen LogP contribution in [0.4, 0.5) is 0 Å². The molecule has 1 atom stereocenters. The standard InChI is InChI=1S/C22H21N5O/c28-20-4-2-1-3-17(20)13-26-11-9-19-21(25-14-24-19)22(26)16-5-7-18(8-6-16)27-12-10-23-15-27/h1-8,10,12,14-15,22,28H,9,11,13H2,(H,24,25)/t22-/m1/s1. The van der Waals surface area contributed by atoms with Gasteiger partial charge in [0.1, 0.15) is 5.75 Å². The maximum Gasteiger partial charge on any atom is 0.120 e. The van der Waals surface area contributed by atoms with Crippen molar-refractivity contribution in [2.24, 2.45) is 0 Å². The minimum Gasteiger partial charge on any atom is -0.508 e. The summed E-state index contributed by atoms with van der Waals surface area (Å²) >= 11 is 0. The summed E-state index contributed by atoms with van der Waals surface area (Å²) in [6.07, 6.45) is 8.21. The van der Waals surface area contributed by atoms with Gasteiger partial charge in [-0.25, -0.2) is 9.97 Å². The normalized spacial score (nSPS) is 16.8. The summed E-state index contributed by atoms with van der Waals surface area (Å²) < 4.78 is 1.99. The smallest absolute Gasteiger partial charge is 0.120 e. The van der Waals surface area contributed by atoms with Crippen LogP contribution in [0.15, 0.2) is 73.6 Å². The van der Waals surface area contributed by atoms with Gasteiger partial charge >= 0.3 is 0 Å². The molecule has 0 bridgehead atoms. The zero-order chi connectivity index (χ0) is 18.9. The second-order valence-corrected chi connectivity index (χ2v) is 7.08. The van der Waals surface area contributed by atoms with Crippen molar-refractivity contribution in [2.75, 3.05) is 6.54 Å². The van der Waals surface area contributed by atoms with E-state index in [1.54, 1.807) is 24.9 Å². The van der Waals surface area contributed by atoms with E-state index >= 15 is 0 Å². The molecule has 0 spiro atoms. The first-order chi connectivity index (χ1) is 13.8. The molecule has 0 radical (unpaired) electrons. The summed E-state index contributed by atoms with van der Waals surface area (Å²) in [5, 5.41) is 10.2. The predicted octanol–water partition coefficient (Wildman–Crippen LogP) is 3.45. The molecule has 6 nitrogen and oxygen atoms in total. The summed E-state index contributed by atoms with van der Waals surface area (Å²) in [5.74, 6) is 0.338. The SMILES string of the molecule is Oc1ccccc1CN1CCc2[nH]cnc2[C@H]1c1ccc(-n2ccnc2)cc1. The molecule has 0 saturated heterocycles. The van der Waals surface area contributed by atoms with Gasteiger partial charge in [-0.15, -0.1) is 0 Å². The van der Waals surface area contributed by atoms with Gasteiger partial charge in [-0.2, -0.15) is 0 Å². The van der Waals surface area contributed by atoms with E-state index < -0.39 is 0 Å². The number of nitrogens with zero attached hydrogens (tertiary/aromatic N) is 4. The topological polar surface area (TPSA) is 70.0 Å². The third-order valence-electron chi connectivity index (χ3n) is 5.40. The van der Waals surface area contributed by atoms with E-state index in [1.807, 2.05) is 29.0 Å². The van der Waals surface area contributed by atoms with Crippen molar-refractivity contribution >= 4 is 0 Å². The Kier molecular flexibility index (Phi) is 4.18. The van der Waals surface area contributed by atoms with Gasteiger partial charge in [0.2, 0.25) is 0 Å². The molecule has 4 aromatic rings. The fraction of sp³-hybridized carbons (Fsp3) is 0.182. The molecule has 3 heterocycles. The van der Waals surface area contributed by atoms with E-state index in [1.165, 1.54) is 11.3 Å². The minimum absolute atomic E-state index is 0.0476. The maximum absolute atomic E-state index is 10.2. The molecule has 0 unspecified atom stereocenters. The summed E-state index contributed by atoms with van der Waals surface area (Å²) in [6, 6.07) is 16.1. The van der Waals surface area contributed by atoms with Crippen LogP contribution in [-0.4, -0.2) is 36.1 Å².